The van der Waals surface area contributed by atoms with Gasteiger partial charge in [-0.15, -0.1) is 0 Å². The Morgan fingerprint density at radius 2 is 1.79 bits per heavy atom. The molecule has 1 heterocycles. The third kappa shape index (κ3) is 1.82. The van der Waals surface area contributed by atoms with Gasteiger partial charge in [0.25, 0.3) is 0 Å². The van der Waals surface area contributed by atoms with Crippen LogP contribution in [0, 0.1) is 13.8 Å². The second kappa shape index (κ2) is 3.39. The van der Waals surface area contributed by atoms with Crippen LogP contribution in [0.25, 0.3) is 0 Å². The van der Waals surface area contributed by atoms with Gasteiger partial charge in [-0.3, -0.25) is 4.68 Å². The van der Waals surface area contributed by atoms with Crippen molar-refractivity contribution in [2.45, 2.75) is 53.2 Å². The lowest BCUT2D eigenvalue weighted by molar-refractivity contribution is 0.0771. The van der Waals surface area contributed by atoms with Crippen LogP contribution < -0.4 is 0 Å². The van der Waals surface area contributed by atoms with Crippen LogP contribution >= 0.6 is 0 Å². The zero-order chi connectivity index (χ0) is 11.1. The smallest absolute Gasteiger partial charge is 0.0876 e. The van der Waals surface area contributed by atoms with Crippen molar-refractivity contribution in [1.82, 2.24) is 9.78 Å². The summed E-state index contributed by atoms with van der Waals surface area (Å²) >= 11 is 0. The molecule has 0 aliphatic heterocycles. The first-order valence-corrected chi connectivity index (χ1v) is 5.03. The number of rotatable bonds is 2. The van der Waals surface area contributed by atoms with Crippen LogP contribution in [0.5, 0.6) is 0 Å². The molecule has 0 saturated heterocycles. The van der Waals surface area contributed by atoms with Gasteiger partial charge in [-0.05, 0) is 41.5 Å². The van der Waals surface area contributed by atoms with Gasteiger partial charge < -0.3 is 5.11 Å². The van der Waals surface area contributed by atoms with E-state index in [1.54, 1.807) is 13.8 Å². The number of nitrogens with zero attached hydrogens (tertiary/aromatic N) is 2. The van der Waals surface area contributed by atoms with E-state index in [9.17, 15) is 5.11 Å². The van der Waals surface area contributed by atoms with Gasteiger partial charge >= 0.3 is 0 Å². The quantitative estimate of drug-likeness (QED) is 0.788. The molecule has 0 fully saturated rings. The lowest BCUT2D eigenvalue weighted by Crippen LogP contribution is -2.18. The molecule has 0 radical (unpaired) electrons. The average Bonchev–Trinajstić information content (AvgIpc) is 2.24. The number of hydrogen-bond donors (Lipinski definition) is 1. The van der Waals surface area contributed by atoms with E-state index in [1.807, 2.05) is 18.5 Å². The normalized spacial score (nSPS) is 12.6. The molecule has 3 nitrogen and oxygen atoms in total. The van der Waals surface area contributed by atoms with E-state index in [1.165, 1.54) is 0 Å². The van der Waals surface area contributed by atoms with Crippen LogP contribution in [-0.4, -0.2) is 14.9 Å². The molecule has 0 aliphatic rings. The molecule has 0 saturated carbocycles. The van der Waals surface area contributed by atoms with Crippen molar-refractivity contribution in [2.24, 2.45) is 0 Å². The molecule has 1 aromatic heterocycles. The standard InChI is InChI=1S/C11H20N2O/c1-7(2)13-9(4)10(8(3)12-13)11(5,6)14/h7,14H,1-6H3. The van der Waals surface area contributed by atoms with Gasteiger partial charge in [-0.25, -0.2) is 0 Å². The predicted molar refractivity (Wildman–Crippen MR) is 57.3 cm³/mol. The molecular weight excluding hydrogens is 176 g/mol. The SMILES string of the molecule is Cc1nn(C(C)C)c(C)c1C(C)(C)O. The molecule has 0 aromatic carbocycles. The van der Waals surface area contributed by atoms with Gasteiger partial charge in [-0.1, -0.05) is 0 Å². The monoisotopic (exact) mass is 196 g/mol. The summed E-state index contributed by atoms with van der Waals surface area (Å²) in [5.74, 6) is 0. The molecule has 1 N–H and O–H groups in total. The molecule has 0 atom stereocenters. The minimum absolute atomic E-state index is 0.338. The predicted octanol–water partition coefficient (Wildman–Crippen LogP) is 2.31. The second-order valence-electron chi connectivity index (χ2n) is 4.64. The molecule has 1 aromatic rings. The van der Waals surface area contributed by atoms with E-state index in [-0.39, 0.29) is 0 Å². The Hall–Kier alpha value is -0.830. The van der Waals surface area contributed by atoms with Crippen molar-refractivity contribution in [2.75, 3.05) is 0 Å². The third-order valence-electron chi connectivity index (χ3n) is 2.43. The lowest BCUT2D eigenvalue weighted by atomic mass is 9.96. The summed E-state index contributed by atoms with van der Waals surface area (Å²) in [5.41, 5.74) is 2.13. The molecule has 3 heteroatoms. The van der Waals surface area contributed by atoms with Crippen molar-refractivity contribution < 1.29 is 5.11 Å². The fraction of sp³-hybridized carbons (Fsp3) is 0.727. The number of aryl methyl sites for hydroxylation is 1. The molecule has 1 rings (SSSR count). The van der Waals surface area contributed by atoms with Crippen molar-refractivity contribution in [1.29, 1.82) is 0 Å². The highest BCUT2D eigenvalue weighted by Crippen LogP contribution is 2.27. The summed E-state index contributed by atoms with van der Waals surface area (Å²) in [6, 6.07) is 0.338. The first-order valence-electron chi connectivity index (χ1n) is 5.03. The molecule has 80 valence electrons. The third-order valence-corrected chi connectivity index (χ3v) is 2.43. The van der Waals surface area contributed by atoms with E-state index in [2.05, 4.69) is 18.9 Å². The molecule has 0 spiro atoms. The first-order chi connectivity index (χ1) is 6.25. The van der Waals surface area contributed by atoms with Gasteiger partial charge in [0, 0.05) is 17.3 Å². The van der Waals surface area contributed by atoms with E-state index < -0.39 is 5.60 Å². The van der Waals surface area contributed by atoms with Crippen molar-refractivity contribution >= 4 is 0 Å². The summed E-state index contributed by atoms with van der Waals surface area (Å²) in [6.07, 6.45) is 0. The van der Waals surface area contributed by atoms with Crippen LogP contribution in [0.4, 0.5) is 0 Å². The molecule has 14 heavy (non-hydrogen) atoms. The molecule has 0 amide bonds. The number of hydrogen-bond acceptors (Lipinski definition) is 2. The van der Waals surface area contributed by atoms with Gasteiger partial charge in [0.1, 0.15) is 0 Å². The van der Waals surface area contributed by atoms with Gasteiger partial charge in [0.15, 0.2) is 0 Å². The first kappa shape index (κ1) is 11.2. The maximum absolute atomic E-state index is 9.99. The van der Waals surface area contributed by atoms with Crippen LogP contribution in [0.15, 0.2) is 0 Å². The van der Waals surface area contributed by atoms with Gasteiger partial charge in [0.2, 0.25) is 0 Å². The van der Waals surface area contributed by atoms with Gasteiger partial charge in [-0.2, -0.15) is 5.10 Å². The van der Waals surface area contributed by atoms with E-state index >= 15 is 0 Å². The Labute approximate surface area is 85.8 Å². The summed E-state index contributed by atoms with van der Waals surface area (Å²) in [6.45, 7) is 11.7. The van der Waals surface area contributed by atoms with Crippen LogP contribution in [-0.2, 0) is 5.60 Å². The summed E-state index contributed by atoms with van der Waals surface area (Å²) in [7, 11) is 0. The van der Waals surface area contributed by atoms with E-state index in [0.29, 0.717) is 6.04 Å². The second-order valence-corrected chi connectivity index (χ2v) is 4.64. The maximum atomic E-state index is 9.99. The summed E-state index contributed by atoms with van der Waals surface area (Å²) in [5, 5.41) is 14.4. The highest BCUT2D eigenvalue weighted by molar-refractivity contribution is 5.30. The average molecular weight is 196 g/mol. The Morgan fingerprint density at radius 3 is 2.00 bits per heavy atom. The minimum Gasteiger partial charge on any atom is -0.386 e. The zero-order valence-corrected chi connectivity index (χ0v) is 9.92. The molecule has 0 unspecified atom stereocenters. The van der Waals surface area contributed by atoms with E-state index in [4.69, 9.17) is 0 Å². The Kier molecular flexibility index (Phi) is 2.72. The summed E-state index contributed by atoms with van der Waals surface area (Å²) < 4.78 is 1.96. The van der Waals surface area contributed by atoms with Crippen molar-refractivity contribution in [3.8, 4) is 0 Å². The largest absolute Gasteiger partial charge is 0.386 e. The maximum Gasteiger partial charge on any atom is 0.0876 e. The highest BCUT2D eigenvalue weighted by atomic mass is 16.3. The van der Waals surface area contributed by atoms with Gasteiger partial charge in [0.05, 0.1) is 11.3 Å². The fourth-order valence-electron chi connectivity index (χ4n) is 2.05. The van der Waals surface area contributed by atoms with Crippen molar-refractivity contribution in [3.63, 3.8) is 0 Å². The molecular formula is C11H20N2O. The van der Waals surface area contributed by atoms with Crippen LogP contribution in [0.2, 0.25) is 0 Å². The van der Waals surface area contributed by atoms with E-state index in [0.717, 1.165) is 17.0 Å². The molecule has 0 aliphatic carbocycles. The Morgan fingerprint density at radius 1 is 1.29 bits per heavy atom. The number of aromatic nitrogens is 2. The van der Waals surface area contributed by atoms with Crippen molar-refractivity contribution in [3.05, 3.63) is 17.0 Å². The minimum atomic E-state index is -0.804. The fourth-order valence-corrected chi connectivity index (χ4v) is 2.05. The topological polar surface area (TPSA) is 38.0 Å². The highest BCUT2D eigenvalue weighted by Gasteiger charge is 2.25. The van der Waals surface area contributed by atoms with Crippen LogP contribution in [0.3, 0.4) is 0 Å². The van der Waals surface area contributed by atoms with Crippen LogP contribution in [0.1, 0.15) is 50.7 Å². The summed E-state index contributed by atoms with van der Waals surface area (Å²) in [4.78, 5) is 0. The lowest BCUT2D eigenvalue weighted by Gasteiger charge is -2.18. The number of aliphatic hydroxyl groups is 1. The Balaban J connectivity index is 3.33. The zero-order valence-electron chi connectivity index (χ0n) is 9.92. The molecule has 0 bridgehead atoms. The Bertz CT molecular complexity index is 332.